The van der Waals surface area contributed by atoms with E-state index in [2.05, 4.69) is 54.4 Å². The predicted molar refractivity (Wildman–Crippen MR) is 115 cm³/mol. The second-order valence-electron chi connectivity index (χ2n) is 7.76. The number of aliphatic carboxylic acids is 1. The maximum absolute atomic E-state index is 11.2. The molecular weight excluding hydrogens is 372 g/mol. The van der Waals surface area contributed by atoms with E-state index in [4.69, 9.17) is 11.6 Å². The van der Waals surface area contributed by atoms with Crippen molar-refractivity contribution in [3.63, 3.8) is 0 Å². The highest BCUT2D eigenvalue weighted by atomic mass is 35.5. The van der Waals surface area contributed by atoms with Crippen LogP contribution in [0.2, 0.25) is 5.02 Å². The van der Waals surface area contributed by atoms with Crippen LogP contribution in [0.1, 0.15) is 48.1 Å². The molecule has 0 aromatic heterocycles. The normalized spacial score (nSPS) is 18.2. The average molecular weight is 401 g/mol. The highest BCUT2D eigenvalue weighted by Crippen LogP contribution is 2.29. The van der Waals surface area contributed by atoms with Gasteiger partial charge in [-0.25, -0.2) is 0 Å². The highest BCUT2D eigenvalue weighted by Gasteiger charge is 2.28. The van der Waals surface area contributed by atoms with E-state index in [9.17, 15) is 9.90 Å². The smallest absolute Gasteiger partial charge is 0.307 e. The topological polar surface area (TPSA) is 52.6 Å². The van der Waals surface area contributed by atoms with Crippen molar-refractivity contribution in [3.05, 3.63) is 63.7 Å². The number of carboxylic acids is 1. The van der Waals surface area contributed by atoms with Gasteiger partial charge in [0.05, 0.1) is 12.0 Å². The number of nitrogens with one attached hydrogen (secondary N) is 1. The fraction of sp³-hybridized carbons (Fsp3) is 0.435. The summed E-state index contributed by atoms with van der Waals surface area (Å²) >= 11 is 6.18. The van der Waals surface area contributed by atoms with Crippen LogP contribution in [0.25, 0.3) is 0 Å². The van der Waals surface area contributed by atoms with E-state index in [1.54, 1.807) is 0 Å². The minimum atomic E-state index is -0.682. The third-order valence-corrected chi connectivity index (χ3v) is 6.21. The maximum atomic E-state index is 11.2. The van der Waals surface area contributed by atoms with Gasteiger partial charge in [-0.15, -0.1) is 0 Å². The van der Waals surface area contributed by atoms with Gasteiger partial charge in [-0.1, -0.05) is 42.8 Å². The Labute approximate surface area is 172 Å². The monoisotopic (exact) mass is 400 g/mol. The molecule has 28 heavy (non-hydrogen) atoms. The Kier molecular flexibility index (Phi) is 6.63. The standard InChI is InChI=1S/C23H29ClN2O2/c1-4-21(17-8-9-20(24)15(2)12-17)25-22-7-5-6-18(16(22)3)13-26-11-10-19(14-26)23(27)28/h5-9,12,19,21,25H,4,10-11,13-14H2,1-3H3,(H,27,28)/t19-,21-/m1/s1. The quantitative estimate of drug-likeness (QED) is 0.650. The van der Waals surface area contributed by atoms with Gasteiger partial charge >= 0.3 is 5.97 Å². The van der Waals surface area contributed by atoms with Crippen molar-refractivity contribution >= 4 is 23.3 Å². The van der Waals surface area contributed by atoms with Crippen molar-refractivity contribution in [1.82, 2.24) is 4.90 Å². The minimum Gasteiger partial charge on any atom is -0.481 e. The van der Waals surface area contributed by atoms with Gasteiger partial charge in [-0.3, -0.25) is 9.69 Å². The number of aryl methyl sites for hydroxylation is 1. The number of anilines is 1. The molecule has 1 aliphatic heterocycles. The fourth-order valence-corrected chi connectivity index (χ4v) is 4.04. The fourth-order valence-electron chi connectivity index (χ4n) is 3.92. The zero-order valence-corrected chi connectivity index (χ0v) is 17.6. The number of benzene rings is 2. The number of likely N-dealkylation sites (tertiary alicyclic amines) is 1. The van der Waals surface area contributed by atoms with Crippen LogP contribution in [0, 0.1) is 19.8 Å². The van der Waals surface area contributed by atoms with Gasteiger partial charge in [0.25, 0.3) is 0 Å². The van der Waals surface area contributed by atoms with E-state index in [1.807, 2.05) is 13.0 Å². The molecule has 0 saturated carbocycles. The van der Waals surface area contributed by atoms with Crippen LogP contribution in [0.3, 0.4) is 0 Å². The number of hydrogen-bond acceptors (Lipinski definition) is 3. The molecule has 0 spiro atoms. The summed E-state index contributed by atoms with van der Waals surface area (Å²) in [5.74, 6) is -0.919. The summed E-state index contributed by atoms with van der Waals surface area (Å²) in [5, 5.41) is 13.7. The molecule has 0 amide bonds. The van der Waals surface area contributed by atoms with Gasteiger partial charge in [-0.2, -0.15) is 0 Å². The van der Waals surface area contributed by atoms with Crippen LogP contribution in [0.15, 0.2) is 36.4 Å². The molecular formula is C23H29ClN2O2. The van der Waals surface area contributed by atoms with Crippen molar-refractivity contribution in [2.24, 2.45) is 5.92 Å². The Bertz CT molecular complexity index is 852. The molecule has 2 atom stereocenters. The molecule has 5 heteroatoms. The summed E-state index contributed by atoms with van der Waals surface area (Å²) < 4.78 is 0. The second kappa shape index (κ2) is 8.97. The Hall–Kier alpha value is -2.04. The first-order chi connectivity index (χ1) is 13.4. The molecule has 0 bridgehead atoms. The molecule has 3 rings (SSSR count). The lowest BCUT2D eigenvalue weighted by Crippen LogP contribution is -2.23. The van der Waals surface area contributed by atoms with Crippen molar-refractivity contribution in [1.29, 1.82) is 0 Å². The number of carbonyl (C=O) groups is 1. The van der Waals surface area contributed by atoms with Crippen molar-refractivity contribution in [2.75, 3.05) is 18.4 Å². The van der Waals surface area contributed by atoms with E-state index < -0.39 is 5.97 Å². The molecule has 1 fully saturated rings. The molecule has 2 aromatic carbocycles. The van der Waals surface area contributed by atoms with Gasteiger partial charge in [0.2, 0.25) is 0 Å². The first-order valence-electron chi connectivity index (χ1n) is 9.95. The predicted octanol–water partition coefficient (Wildman–Crippen LogP) is 5.43. The number of nitrogens with zero attached hydrogens (tertiary/aromatic N) is 1. The summed E-state index contributed by atoms with van der Waals surface area (Å²) in [6, 6.07) is 12.8. The van der Waals surface area contributed by atoms with E-state index in [1.165, 1.54) is 16.7 Å². The van der Waals surface area contributed by atoms with E-state index in [-0.39, 0.29) is 12.0 Å². The molecule has 0 aliphatic carbocycles. The number of hydrogen-bond donors (Lipinski definition) is 2. The van der Waals surface area contributed by atoms with Crippen molar-refractivity contribution in [3.8, 4) is 0 Å². The molecule has 150 valence electrons. The highest BCUT2D eigenvalue weighted by molar-refractivity contribution is 6.31. The van der Waals surface area contributed by atoms with Gasteiger partial charge in [0, 0.05) is 23.8 Å². The largest absolute Gasteiger partial charge is 0.481 e. The first kappa shape index (κ1) is 20.7. The Morgan fingerprint density at radius 1 is 1.32 bits per heavy atom. The summed E-state index contributed by atoms with van der Waals surface area (Å²) in [6.45, 7) is 8.62. The van der Waals surface area contributed by atoms with E-state index in [0.29, 0.717) is 6.54 Å². The molecule has 1 saturated heterocycles. The third kappa shape index (κ3) is 4.68. The zero-order valence-electron chi connectivity index (χ0n) is 16.8. The summed E-state index contributed by atoms with van der Waals surface area (Å²) in [6.07, 6.45) is 1.71. The lowest BCUT2D eigenvalue weighted by molar-refractivity contribution is -0.141. The van der Waals surface area contributed by atoms with Crippen LogP contribution < -0.4 is 5.32 Å². The Balaban J connectivity index is 1.74. The van der Waals surface area contributed by atoms with Crippen molar-refractivity contribution in [2.45, 2.75) is 46.2 Å². The number of rotatable bonds is 7. The van der Waals surface area contributed by atoms with Gasteiger partial charge < -0.3 is 10.4 Å². The van der Waals surface area contributed by atoms with E-state index in [0.717, 1.165) is 42.2 Å². The maximum Gasteiger partial charge on any atom is 0.307 e. The van der Waals surface area contributed by atoms with Gasteiger partial charge in [0.1, 0.15) is 0 Å². The number of carboxylic acid groups (broad SMARTS) is 1. The average Bonchev–Trinajstić information content (AvgIpc) is 3.14. The second-order valence-corrected chi connectivity index (χ2v) is 8.17. The molecule has 1 aliphatic rings. The third-order valence-electron chi connectivity index (χ3n) is 5.78. The molecule has 4 nitrogen and oxygen atoms in total. The van der Waals surface area contributed by atoms with Gasteiger partial charge in [0.15, 0.2) is 0 Å². The Morgan fingerprint density at radius 2 is 2.11 bits per heavy atom. The lowest BCUT2D eigenvalue weighted by atomic mass is 10.00. The lowest BCUT2D eigenvalue weighted by Gasteiger charge is -2.23. The zero-order chi connectivity index (χ0) is 20.3. The molecule has 2 N–H and O–H groups in total. The molecule has 0 unspecified atom stereocenters. The molecule has 2 aromatic rings. The molecule has 0 radical (unpaired) electrons. The van der Waals surface area contributed by atoms with Crippen LogP contribution in [-0.4, -0.2) is 29.1 Å². The van der Waals surface area contributed by atoms with Crippen LogP contribution in [0.5, 0.6) is 0 Å². The van der Waals surface area contributed by atoms with Crippen LogP contribution in [-0.2, 0) is 11.3 Å². The van der Waals surface area contributed by atoms with Crippen molar-refractivity contribution < 1.29 is 9.90 Å². The van der Waals surface area contributed by atoms with Crippen LogP contribution in [0.4, 0.5) is 5.69 Å². The number of halogens is 1. The van der Waals surface area contributed by atoms with Gasteiger partial charge in [-0.05, 0) is 67.6 Å². The van der Waals surface area contributed by atoms with Crippen LogP contribution >= 0.6 is 11.6 Å². The summed E-state index contributed by atoms with van der Waals surface area (Å²) in [7, 11) is 0. The summed E-state index contributed by atoms with van der Waals surface area (Å²) in [4.78, 5) is 13.5. The molecule has 1 heterocycles. The summed E-state index contributed by atoms with van der Waals surface area (Å²) in [5.41, 5.74) is 5.93. The van der Waals surface area contributed by atoms with E-state index >= 15 is 0 Å². The Morgan fingerprint density at radius 3 is 2.75 bits per heavy atom. The first-order valence-corrected chi connectivity index (χ1v) is 10.3. The minimum absolute atomic E-state index is 0.216. The SMILES string of the molecule is CC[C@@H](Nc1cccc(CN2CC[C@@H](C(=O)O)C2)c1C)c1ccc(Cl)c(C)c1.